The van der Waals surface area contributed by atoms with Crippen molar-refractivity contribution in [3.8, 4) is 16.9 Å². The van der Waals surface area contributed by atoms with Gasteiger partial charge in [0.25, 0.3) is 0 Å². The first-order valence-corrected chi connectivity index (χ1v) is 7.28. The molecule has 0 unspecified atom stereocenters. The molecule has 0 saturated carbocycles. The van der Waals surface area contributed by atoms with E-state index in [1.165, 1.54) is 22.3 Å². The summed E-state index contributed by atoms with van der Waals surface area (Å²) in [5, 5.41) is 3.36. The maximum atomic E-state index is 5.73. The summed E-state index contributed by atoms with van der Waals surface area (Å²) in [5.74, 6) is 0.956. The molecule has 0 radical (unpaired) electrons. The van der Waals surface area contributed by atoms with Crippen molar-refractivity contribution < 1.29 is 4.74 Å². The van der Waals surface area contributed by atoms with Crippen molar-refractivity contribution in [3.63, 3.8) is 0 Å². The molecule has 0 atom stereocenters. The monoisotopic (exact) mass is 269 g/mol. The molecule has 1 N–H and O–H groups in total. The molecule has 0 saturated heterocycles. The van der Waals surface area contributed by atoms with E-state index >= 15 is 0 Å². The lowest BCUT2D eigenvalue weighted by molar-refractivity contribution is 0.341. The predicted molar refractivity (Wildman–Crippen MR) is 85.2 cm³/mol. The van der Waals surface area contributed by atoms with Crippen molar-refractivity contribution in [3.05, 3.63) is 53.6 Å². The molecule has 0 aliphatic rings. The Morgan fingerprint density at radius 1 is 1.00 bits per heavy atom. The van der Waals surface area contributed by atoms with Gasteiger partial charge in [0, 0.05) is 12.1 Å². The summed E-state index contributed by atoms with van der Waals surface area (Å²) in [6, 6.07) is 14.9. The van der Waals surface area contributed by atoms with Gasteiger partial charge in [0.2, 0.25) is 0 Å². The number of hydrogen-bond acceptors (Lipinski definition) is 2. The lowest BCUT2D eigenvalue weighted by Gasteiger charge is -2.13. The minimum atomic E-state index is 0.689. The zero-order chi connectivity index (χ0) is 14.4. The van der Waals surface area contributed by atoms with E-state index < -0.39 is 0 Å². The topological polar surface area (TPSA) is 21.3 Å². The maximum Gasteiger partial charge on any atom is 0.127 e. The van der Waals surface area contributed by atoms with Crippen molar-refractivity contribution in [1.82, 2.24) is 5.32 Å². The van der Waals surface area contributed by atoms with Gasteiger partial charge in [0.05, 0.1) is 6.61 Å². The third-order valence-electron chi connectivity index (χ3n) is 3.35. The summed E-state index contributed by atoms with van der Waals surface area (Å²) in [6.45, 7) is 8.91. The molecular weight excluding hydrogens is 246 g/mol. The quantitative estimate of drug-likeness (QED) is 0.849. The van der Waals surface area contributed by atoms with Gasteiger partial charge in [-0.2, -0.15) is 0 Å². The van der Waals surface area contributed by atoms with Crippen LogP contribution in [-0.4, -0.2) is 13.2 Å². The standard InChI is InChI=1S/C18H23NO/c1-4-19-13-15-10-11-16(14(3)12-15)17-8-6-7-9-18(17)20-5-2/h6-12,19H,4-5,13H2,1-3H3. The van der Waals surface area contributed by atoms with E-state index in [0.717, 1.165) is 18.8 Å². The van der Waals surface area contributed by atoms with Gasteiger partial charge in [-0.25, -0.2) is 0 Å². The molecule has 2 aromatic rings. The summed E-state index contributed by atoms with van der Waals surface area (Å²) >= 11 is 0. The van der Waals surface area contributed by atoms with Gasteiger partial charge >= 0.3 is 0 Å². The van der Waals surface area contributed by atoms with Gasteiger partial charge in [0.15, 0.2) is 0 Å². The number of benzene rings is 2. The van der Waals surface area contributed by atoms with E-state index in [1.807, 2.05) is 19.1 Å². The van der Waals surface area contributed by atoms with Crippen LogP contribution >= 0.6 is 0 Å². The molecule has 0 amide bonds. The Morgan fingerprint density at radius 2 is 1.80 bits per heavy atom. The molecule has 2 nitrogen and oxygen atoms in total. The average molecular weight is 269 g/mol. The number of nitrogens with one attached hydrogen (secondary N) is 1. The van der Waals surface area contributed by atoms with E-state index in [4.69, 9.17) is 4.74 Å². The third kappa shape index (κ3) is 3.40. The van der Waals surface area contributed by atoms with E-state index in [2.05, 4.69) is 49.5 Å². The Morgan fingerprint density at radius 3 is 2.50 bits per heavy atom. The largest absolute Gasteiger partial charge is 0.493 e. The van der Waals surface area contributed by atoms with E-state index in [0.29, 0.717) is 6.61 Å². The first kappa shape index (κ1) is 14.6. The number of rotatable bonds is 6. The lowest BCUT2D eigenvalue weighted by atomic mass is 9.97. The van der Waals surface area contributed by atoms with Crippen molar-refractivity contribution in [2.24, 2.45) is 0 Å². The fourth-order valence-corrected chi connectivity index (χ4v) is 2.38. The van der Waals surface area contributed by atoms with Crippen molar-refractivity contribution >= 4 is 0 Å². The van der Waals surface area contributed by atoms with Crippen LogP contribution in [0.5, 0.6) is 5.75 Å². The Balaban J connectivity index is 2.33. The summed E-state index contributed by atoms with van der Waals surface area (Å²) < 4.78 is 5.73. The van der Waals surface area contributed by atoms with E-state index in [-0.39, 0.29) is 0 Å². The molecule has 106 valence electrons. The highest BCUT2D eigenvalue weighted by molar-refractivity contribution is 5.73. The second-order valence-corrected chi connectivity index (χ2v) is 4.86. The minimum Gasteiger partial charge on any atom is -0.493 e. The fourth-order valence-electron chi connectivity index (χ4n) is 2.38. The Hall–Kier alpha value is -1.80. The van der Waals surface area contributed by atoms with Gasteiger partial charge in [-0.3, -0.25) is 0 Å². The Labute approximate surface area is 121 Å². The van der Waals surface area contributed by atoms with Crippen molar-refractivity contribution in [2.45, 2.75) is 27.3 Å². The highest BCUT2D eigenvalue weighted by atomic mass is 16.5. The molecule has 2 aromatic carbocycles. The normalized spacial score (nSPS) is 10.6. The molecule has 0 aromatic heterocycles. The van der Waals surface area contributed by atoms with Crippen LogP contribution in [0, 0.1) is 6.92 Å². The molecular formula is C18H23NO. The van der Waals surface area contributed by atoms with Crippen LogP contribution in [-0.2, 0) is 6.54 Å². The highest BCUT2D eigenvalue weighted by Crippen LogP contribution is 2.32. The summed E-state index contributed by atoms with van der Waals surface area (Å²) in [4.78, 5) is 0. The fraction of sp³-hybridized carbons (Fsp3) is 0.333. The van der Waals surface area contributed by atoms with Crippen LogP contribution in [0.15, 0.2) is 42.5 Å². The van der Waals surface area contributed by atoms with E-state index in [1.54, 1.807) is 0 Å². The first-order chi connectivity index (χ1) is 9.76. The number of hydrogen-bond donors (Lipinski definition) is 1. The summed E-state index contributed by atoms with van der Waals surface area (Å²) in [6.07, 6.45) is 0. The van der Waals surface area contributed by atoms with Gasteiger partial charge in [-0.15, -0.1) is 0 Å². The Bertz CT molecular complexity index is 563. The zero-order valence-electron chi connectivity index (χ0n) is 12.6. The van der Waals surface area contributed by atoms with Crippen LogP contribution in [0.2, 0.25) is 0 Å². The van der Waals surface area contributed by atoms with Gasteiger partial charge in [0.1, 0.15) is 5.75 Å². The number of aryl methyl sites for hydroxylation is 1. The number of para-hydroxylation sites is 1. The molecule has 0 heterocycles. The molecule has 2 rings (SSSR count). The van der Waals surface area contributed by atoms with Gasteiger partial charge in [-0.05, 0) is 43.1 Å². The minimum absolute atomic E-state index is 0.689. The second kappa shape index (κ2) is 7.11. The van der Waals surface area contributed by atoms with Crippen LogP contribution in [0.25, 0.3) is 11.1 Å². The van der Waals surface area contributed by atoms with Gasteiger partial charge < -0.3 is 10.1 Å². The molecule has 0 spiro atoms. The van der Waals surface area contributed by atoms with Crippen molar-refractivity contribution in [1.29, 1.82) is 0 Å². The molecule has 2 heteroatoms. The highest BCUT2D eigenvalue weighted by Gasteiger charge is 2.08. The van der Waals surface area contributed by atoms with Crippen LogP contribution in [0.1, 0.15) is 25.0 Å². The molecule has 0 bridgehead atoms. The second-order valence-electron chi connectivity index (χ2n) is 4.86. The van der Waals surface area contributed by atoms with Crippen LogP contribution in [0.3, 0.4) is 0 Å². The SMILES string of the molecule is CCNCc1ccc(-c2ccccc2OCC)c(C)c1. The first-order valence-electron chi connectivity index (χ1n) is 7.28. The van der Waals surface area contributed by atoms with Crippen LogP contribution in [0.4, 0.5) is 0 Å². The summed E-state index contributed by atoms with van der Waals surface area (Å²) in [5.41, 5.74) is 5.02. The summed E-state index contributed by atoms with van der Waals surface area (Å²) in [7, 11) is 0. The van der Waals surface area contributed by atoms with Crippen molar-refractivity contribution in [2.75, 3.05) is 13.2 Å². The van der Waals surface area contributed by atoms with Crippen LogP contribution < -0.4 is 10.1 Å². The molecule has 0 aliphatic heterocycles. The molecule has 20 heavy (non-hydrogen) atoms. The Kier molecular flexibility index (Phi) is 5.19. The third-order valence-corrected chi connectivity index (χ3v) is 3.35. The number of ether oxygens (including phenoxy) is 1. The average Bonchev–Trinajstić information content (AvgIpc) is 2.46. The molecule has 0 fully saturated rings. The van der Waals surface area contributed by atoms with Gasteiger partial charge in [-0.1, -0.05) is 43.3 Å². The smallest absolute Gasteiger partial charge is 0.127 e. The zero-order valence-corrected chi connectivity index (χ0v) is 12.6. The predicted octanol–water partition coefficient (Wildman–Crippen LogP) is 4.17. The maximum absolute atomic E-state index is 5.73. The van der Waals surface area contributed by atoms with E-state index in [9.17, 15) is 0 Å². The molecule has 0 aliphatic carbocycles. The lowest BCUT2D eigenvalue weighted by Crippen LogP contribution is -2.11.